The summed E-state index contributed by atoms with van der Waals surface area (Å²) in [4.78, 5) is 66.0. The van der Waals surface area contributed by atoms with Crippen LogP contribution in [0, 0.1) is 11.3 Å². The topological polar surface area (TPSA) is 132 Å². The van der Waals surface area contributed by atoms with Crippen LogP contribution in [-0.4, -0.2) is 144 Å². The molecule has 2 aromatic heterocycles. The van der Waals surface area contributed by atoms with Gasteiger partial charge >= 0.3 is 11.9 Å². The van der Waals surface area contributed by atoms with Crippen molar-refractivity contribution >= 4 is 42.5 Å². The zero-order chi connectivity index (χ0) is 54.8. The van der Waals surface area contributed by atoms with Crippen molar-refractivity contribution < 1.29 is 41.8 Å². The van der Waals surface area contributed by atoms with E-state index in [4.69, 9.17) is 14.2 Å². The molecule has 3 fully saturated rings. The second-order valence-electron chi connectivity index (χ2n) is 24.4. The van der Waals surface area contributed by atoms with Gasteiger partial charge in [-0.1, -0.05) is 62.1 Å². The van der Waals surface area contributed by atoms with Gasteiger partial charge in [-0.05, 0) is 138 Å². The lowest BCUT2D eigenvalue weighted by Gasteiger charge is -2.46. The van der Waals surface area contributed by atoms with Gasteiger partial charge in [0.05, 0.1) is 23.6 Å². The number of likely N-dealkylation sites (tertiary alicyclic amines) is 1. The van der Waals surface area contributed by atoms with Crippen molar-refractivity contribution in [3.05, 3.63) is 99.6 Å². The predicted octanol–water partition coefficient (Wildman–Crippen LogP) is 9.70. The second-order valence-corrected chi connectivity index (χ2v) is 30.0. The molecular formula is C58H80F3N7O7Si. The standard InChI is InChI=1S/C58H80F3N7O7Si/c1-55(2,58(59,60)61)39-65(28-26-57(27-33-75-56(3,4)38-57)45-18-20-46(73-6)21-19-45)37-42-12-16-44(17-13-42)43-14-10-41(11-15-43)36-64-29-31-66(32-30-64)52(70)47-22-23-48-51(62-47)63(5)54(72)68(48)49-24-25-50(69)67(53(49)71)40-74-34-35-76(7,8)9/h12-14,16-23,41,49H,10-11,15,24-40H2,1-9H3/t41?,49?,57-/m1/s1. The van der Waals surface area contributed by atoms with E-state index in [1.807, 2.05) is 17.0 Å². The summed E-state index contributed by atoms with van der Waals surface area (Å²) >= 11 is 0. The van der Waals surface area contributed by atoms with Crippen LogP contribution >= 0.6 is 0 Å². The Balaban J connectivity index is 0.848. The Bertz CT molecular complexity index is 2800. The molecule has 5 heterocycles. The molecule has 2 aromatic carbocycles. The van der Waals surface area contributed by atoms with Gasteiger partial charge in [0.2, 0.25) is 5.91 Å². The van der Waals surface area contributed by atoms with E-state index in [9.17, 15) is 32.3 Å². The van der Waals surface area contributed by atoms with E-state index >= 15 is 0 Å². The van der Waals surface area contributed by atoms with Gasteiger partial charge in [0.25, 0.3) is 11.8 Å². The molecule has 14 nitrogen and oxygen atoms in total. The zero-order valence-electron chi connectivity index (χ0n) is 46.3. The van der Waals surface area contributed by atoms with Gasteiger partial charge in [0, 0.05) is 86.0 Å². The summed E-state index contributed by atoms with van der Waals surface area (Å²) in [6, 6.07) is 19.8. The number of hydrogen-bond acceptors (Lipinski definition) is 10. The molecular weight excluding hydrogens is 992 g/mol. The average Bonchev–Trinajstić information content (AvgIpc) is 3.64. The van der Waals surface area contributed by atoms with Crippen LogP contribution in [0.5, 0.6) is 5.75 Å². The van der Waals surface area contributed by atoms with E-state index in [1.165, 1.54) is 28.6 Å². The molecule has 414 valence electrons. The van der Waals surface area contributed by atoms with Crippen molar-refractivity contribution in [3.8, 4) is 5.75 Å². The minimum atomic E-state index is -4.35. The van der Waals surface area contributed by atoms with Crippen LogP contribution in [0.15, 0.2) is 71.5 Å². The maximum atomic E-state index is 14.4. The van der Waals surface area contributed by atoms with E-state index in [0.717, 1.165) is 85.1 Å². The summed E-state index contributed by atoms with van der Waals surface area (Å²) in [5.74, 6) is 0.221. The van der Waals surface area contributed by atoms with Crippen LogP contribution in [0.4, 0.5) is 13.2 Å². The number of alkyl halides is 3. The van der Waals surface area contributed by atoms with Gasteiger partial charge in [-0.2, -0.15) is 13.2 Å². The van der Waals surface area contributed by atoms with Crippen LogP contribution < -0.4 is 10.4 Å². The third-order valence-electron chi connectivity index (χ3n) is 16.4. The number of allylic oxidation sites excluding steroid dienone is 2. The Morgan fingerprint density at radius 3 is 2.28 bits per heavy atom. The largest absolute Gasteiger partial charge is 0.497 e. The lowest BCUT2D eigenvalue weighted by atomic mass is 9.67. The number of carbonyl (C=O) groups excluding carboxylic acids is 3. The molecule has 2 unspecified atom stereocenters. The first kappa shape index (κ1) is 57.0. The lowest BCUT2D eigenvalue weighted by molar-refractivity contribution is -0.217. The first-order valence-electron chi connectivity index (χ1n) is 27.2. The quantitative estimate of drug-likeness (QED) is 0.0508. The minimum Gasteiger partial charge on any atom is -0.497 e. The molecule has 3 saturated heterocycles. The fraction of sp³-hybridized carbons (Fsp3) is 0.603. The van der Waals surface area contributed by atoms with Gasteiger partial charge in [-0.3, -0.25) is 38.2 Å². The zero-order valence-corrected chi connectivity index (χ0v) is 47.3. The van der Waals surface area contributed by atoms with Crippen LogP contribution in [0.2, 0.25) is 25.7 Å². The van der Waals surface area contributed by atoms with Crippen LogP contribution in [0.1, 0.15) is 112 Å². The highest BCUT2D eigenvalue weighted by atomic mass is 28.3. The summed E-state index contributed by atoms with van der Waals surface area (Å²) in [5, 5.41) is 0. The number of fused-ring (bicyclic) bond motifs is 1. The number of amides is 3. The number of pyridine rings is 1. The number of methoxy groups -OCH3 is 1. The predicted molar refractivity (Wildman–Crippen MR) is 292 cm³/mol. The Hall–Kier alpha value is -5.14. The van der Waals surface area contributed by atoms with Crippen LogP contribution in [0.3, 0.4) is 0 Å². The van der Waals surface area contributed by atoms with Crippen molar-refractivity contribution in [3.63, 3.8) is 0 Å². The molecule has 76 heavy (non-hydrogen) atoms. The van der Waals surface area contributed by atoms with Crippen molar-refractivity contribution in [2.75, 3.05) is 72.9 Å². The van der Waals surface area contributed by atoms with E-state index in [1.54, 1.807) is 31.2 Å². The summed E-state index contributed by atoms with van der Waals surface area (Å²) in [6.45, 7) is 18.6. The molecule has 0 N–H and O–H groups in total. The Kier molecular flexibility index (Phi) is 17.3. The highest BCUT2D eigenvalue weighted by molar-refractivity contribution is 6.76. The summed E-state index contributed by atoms with van der Waals surface area (Å²) in [6.07, 6.45) is 3.41. The monoisotopic (exact) mass is 1070 g/mol. The molecule has 0 bridgehead atoms. The molecule has 4 aliphatic rings. The van der Waals surface area contributed by atoms with E-state index in [0.29, 0.717) is 62.9 Å². The van der Waals surface area contributed by atoms with Gasteiger partial charge in [-0.15, -0.1) is 0 Å². The summed E-state index contributed by atoms with van der Waals surface area (Å²) in [5.41, 5.74) is 2.56. The molecule has 4 aromatic rings. The fourth-order valence-corrected chi connectivity index (χ4v) is 12.5. The first-order valence-corrected chi connectivity index (χ1v) is 30.9. The molecule has 3 aliphatic heterocycles. The molecule has 18 heteroatoms. The van der Waals surface area contributed by atoms with Gasteiger partial charge in [-0.25, -0.2) is 9.78 Å². The van der Waals surface area contributed by atoms with Crippen molar-refractivity contribution in [1.82, 2.24) is 33.7 Å². The molecule has 8 rings (SSSR count). The number of rotatable bonds is 19. The molecule has 0 spiro atoms. The number of aryl methyl sites for hydroxylation is 1. The molecule has 0 saturated carbocycles. The molecule has 3 atom stereocenters. The fourth-order valence-electron chi connectivity index (χ4n) is 11.7. The van der Waals surface area contributed by atoms with Gasteiger partial charge in [0.15, 0.2) is 5.65 Å². The summed E-state index contributed by atoms with van der Waals surface area (Å²) in [7, 11) is 1.85. The molecule has 1 aliphatic carbocycles. The maximum absolute atomic E-state index is 14.4. The number of imide groups is 1. The first-order chi connectivity index (χ1) is 35.9. The smallest absolute Gasteiger partial charge is 0.395 e. The van der Waals surface area contributed by atoms with E-state index in [-0.39, 0.29) is 54.6 Å². The third kappa shape index (κ3) is 13.2. The van der Waals surface area contributed by atoms with Gasteiger partial charge in [0.1, 0.15) is 24.2 Å². The number of aromatic nitrogens is 3. The number of halogens is 3. The Morgan fingerprint density at radius 2 is 1.64 bits per heavy atom. The normalized spacial score (nSPS) is 22.1. The molecule has 0 radical (unpaired) electrons. The van der Waals surface area contributed by atoms with Crippen LogP contribution in [-0.2, 0) is 38.1 Å². The third-order valence-corrected chi connectivity index (χ3v) is 18.1. The van der Waals surface area contributed by atoms with E-state index in [2.05, 4.69) is 85.8 Å². The van der Waals surface area contributed by atoms with Crippen LogP contribution in [0.25, 0.3) is 16.7 Å². The van der Waals surface area contributed by atoms with Crippen molar-refractivity contribution in [2.45, 2.75) is 135 Å². The Labute approximate surface area is 447 Å². The number of piperazine rings is 1. The van der Waals surface area contributed by atoms with Gasteiger partial charge < -0.3 is 19.1 Å². The summed E-state index contributed by atoms with van der Waals surface area (Å²) < 4.78 is 63.4. The van der Waals surface area contributed by atoms with E-state index < -0.39 is 37.3 Å². The Morgan fingerprint density at radius 1 is 0.934 bits per heavy atom. The number of nitrogens with zero attached hydrogens (tertiary/aromatic N) is 7. The maximum Gasteiger partial charge on any atom is 0.395 e. The number of hydrogen-bond donors (Lipinski definition) is 0. The number of imidazole rings is 1. The van der Waals surface area contributed by atoms with Crippen molar-refractivity contribution in [2.24, 2.45) is 18.4 Å². The average molecular weight is 1070 g/mol. The SMILES string of the molecule is COc1ccc([C@]2(CCN(Cc3ccc(C4=CCC(CN5CCN(C(=O)c6ccc7c(n6)n(C)c(=O)n7C6CCC(=O)N(COCC[Si](C)(C)C)C6=O)CC5)CC4)cc3)CC(C)(C)C(F)(F)F)CCOC(C)(C)C2)cc1. The highest BCUT2D eigenvalue weighted by Crippen LogP contribution is 2.46. The second kappa shape index (κ2) is 23.1. The number of benzene rings is 2. The highest BCUT2D eigenvalue weighted by Gasteiger charge is 2.49. The lowest BCUT2D eigenvalue weighted by Crippen LogP contribution is -2.50. The minimum absolute atomic E-state index is 0.104. The number of ether oxygens (including phenoxy) is 3. The number of piperidine rings is 1. The van der Waals surface area contributed by atoms with Crippen molar-refractivity contribution in [1.29, 1.82) is 0 Å². The number of carbonyl (C=O) groups is 3. The molecule has 3 amide bonds.